The second-order valence-electron chi connectivity index (χ2n) is 5.74. The Labute approximate surface area is 123 Å². The summed E-state index contributed by atoms with van der Waals surface area (Å²) in [5.74, 6) is 0.928. The van der Waals surface area contributed by atoms with Crippen LogP contribution in [0.2, 0.25) is 0 Å². The Morgan fingerprint density at radius 1 is 1.30 bits per heavy atom. The smallest absolute Gasteiger partial charge is 0.225 e. The molecule has 1 saturated carbocycles. The fraction of sp³-hybridized carbons (Fsp3) is 0.750. The van der Waals surface area contributed by atoms with E-state index in [9.17, 15) is 0 Å². The number of anilines is 1. The number of nitrogens with one attached hydrogen (secondary N) is 1. The van der Waals surface area contributed by atoms with E-state index in [0.717, 1.165) is 37.7 Å². The highest BCUT2D eigenvalue weighted by Gasteiger charge is 2.30. The average Bonchev–Trinajstić information content (AvgIpc) is 3.26. The van der Waals surface area contributed by atoms with Crippen molar-refractivity contribution in [1.29, 1.82) is 0 Å². The molecule has 1 aliphatic rings. The Morgan fingerprint density at radius 2 is 2.10 bits per heavy atom. The Hall–Kier alpha value is -1.16. The van der Waals surface area contributed by atoms with Crippen LogP contribution in [0.5, 0.6) is 0 Å². The van der Waals surface area contributed by atoms with Gasteiger partial charge in [-0.2, -0.15) is 0 Å². The fourth-order valence-electron chi connectivity index (χ4n) is 2.35. The lowest BCUT2D eigenvalue weighted by atomic mass is 10.2. The first-order valence-corrected chi connectivity index (χ1v) is 8.06. The Bertz CT molecular complexity index is 415. The van der Waals surface area contributed by atoms with E-state index < -0.39 is 0 Å². The molecule has 0 radical (unpaired) electrons. The summed E-state index contributed by atoms with van der Waals surface area (Å²) in [4.78, 5) is 11.8. The molecule has 1 aromatic heterocycles. The third kappa shape index (κ3) is 4.17. The molecule has 1 aliphatic carbocycles. The third-order valence-corrected chi connectivity index (χ3v) is 3.81. The highest BCUT2D eigenvalue weighted by Crippen LogP contribution is 2.30. The highest BCUT2D eigenvalue weighted by molar-refractivity contribution is 5.36. The summed E-state index contributed by atoms with van der Waals surface area (Å²) < 4.78 is 0. The Morgan fingerprint density at radius 3 is 2.70 bits per heavy atom. The average molecular weight is 276 g/mol. The highest BCUT2D eigenvalue weighted by atomic mass is 15.3. The van der Waals surface area contributed by atoms with Crippen LogP contribution in [0.15, 0.2) is 6.20 Å². The maximum Gasteiger partial charge on any atom is 0.225 e. The van der Waals surface area contributed by atoms with E-state index in [-0.39, 0.29) is 0 Å². The molecule has 0 aromatic carbocycles. The normalized spacial score (nSPS) is 14.6. The minimum atomic E-state index is 0.685. The molecule has 4 heteroatoms. The van der Waals surface area contributed by atoms with E-state index in [1.807, 2.05) is 6.20 Å². The van der Waals surface area contributed by atoms with Gasteiger partial charge in [0.25, 0.3) is 0 Å². The predicted molar refractivity (Wildman–Crippen MR) is 84.0 cm³/mol. The molecule has 1 aromatic rings. The van der Waals surface area contributed by atoms with Crippen LogP contribution in [-0.4, -0.2) is 29.1 Å². The molecule has 4 nitrogen and oxygen atoms in total. The SMILES string of the molecule is CCCCN(c1ncc(CNCCC)c(C)n1)C1CC1. The van der Waals surface area contributed by atoms with E-state index in [1.165, 1.54) is 31.2 Å². The Kier molecular flexibility index (Phi) is 5.77. The molecule has 1 N–H and O–H groups in total. The molecule has 0 atom stereocenters. The quantitative estimate of drug-likeness (QED) is 0.704. The largest absolute Gasteiger partial charge is 0.338 e. The molecular formula is C16H28N4. The number of aromatic nitrogens is 2. The van der Waals surface area contributed by atoms with E-state index in [2.05, 4.69) is 36.0 Å². The van der Waals surface area contributed by atoms with Crippen molar-refractivity contribution in [2.45, 2.75) is 65.5 Å². The molecule has 0 spiro atoms. The van der Waals surface area contributed by atoms with Gasteiger partial charge in [0, 0.05) is 36.6 Å². The van der Waals surface area contributed by atoms with Gasteiger partial charge in [-0.25, -0.2) is 9.97 Å². The monoisotopic (exact) mass is 276 g/mol. The molecule has 20 heavy (non-hydrogen) atoms. The van der Waals surface area contributed by atoms with Gasteiger partial charge in [0.05, 0.1) is 0 Å². The first-order valence-electron chi connectivity index (χ1n) is 8.06. The summed E-state index contributed by atoms with van der Waals surface area (Å²) in [6.45, 7) is 9.53. The lowest BCUT2D eigenvalue weighted by Gasteiger charge is -2.22. The zero-order chi connectivity index (χ0) is 14.4. The minimum Gasteiger partial charge on any atom is -0.338 e. The van der Waals surface area contributed by atoms with Gasteiger partial charge in [0.15, 0.2) is 0 Å². The number of rotatable bonds is 9. The van der Waals surface area contributed by atoms with Crippen LogP contribution < -0.4 is 10.2 Å². The van der Waals surface area contributed by atoms with Crippen molar-refractivity contribution in [3.63, 3.8) is 0 Å². The number of hydrogen-bond donors (Lipinski definition) is 1. The maximum atomic E-state index is 4.74. The topological polar surface area (TPSA) is 41.1 Å². The second kappa shape index (κ2) is 7.58. The van der Waals surface area contributed by atoms with Gasteiger partial charge in [0.1, 0.15) is 0 Å². The van der Waals surface area contributed by atoms with Crippen LogP contribution in [0, 0.1) is 6.92 Å². The molecule has 0 saturated heterocycles. The summed E-state index contributed by atoms with van der Waals surface area (Å²) in [7, 11) is 0. The summed E-state index contributed by atoms with van der Waals surface area (Å²) in [5, 5.41) is 3.42. The molecule has 1 fully saturated rings. The standard InChI is InChI=1S/C16H28N4/c1-4-6-10-20(15-7-8-15)16-18-12-14(13(3)19-16)11-17-9-5-2/h12,15,17H,4-11H2,1-3H3. The molecule has 1 heterocycles. The molecule has 112 valence electrons. The summed E-state index contributed by atoms with van der Waals surface area (Å²) in [6.07, 6.45) is 8.20. The zero-order valence-corrected chi connectivity index (χ0v) is 13.2. The minimum absolute atomic E-state index is 0.685. The van der Waals surface area contributed by atoms with E-state index in [1.54, 1.807) is 0 Å². The van der Waals surface area contributed by atoms with Crippen LogP contribution in [0.4, 0.5) is 5.95 Å². The van der Waals surface area contributed by atoms with Gasteiger partial charge in [-0.05, 0) is 39.2 Å². The van der Waals surface area contributed by atoms with Crippen LogP contribution in [0.25, 0.3) is 0 Å². The lowest BCUT2D eigenvalue weighted by Crippen LogP contribution is -2.29. The van der Waals surface area contributed by atoms with Gasteiger partial charge in [-0.1, -0.05) is 20.3 Å². The molecule has 0 amide bonds. The van der Waals surface area contributed by atoms with Crippen LogP contribution >= 0.6 is 0 Å². The van der Waals surface area contributed by atoms with Crippen molar-refractivity contribution >= 4 is 5.95 Å². The van der Waals surface area contributed by atoms with Crippen molar-refractivity contribution in [3.8, 4) is 0 Å². The third-order valence-electron chi connectivity index (χ3n) is 3.81. The maximum absolute atomic E-state index is 4.74. The van der Waals surface area contributed by atoms with Gasteiger partial charge in [-0.3, -0.25) is 0 Å². The molecule has 0 bridgehead atoms. The fourth-order valence-corrected chi connectivity index (χ4v) is 2.35. The predicted octanol–water partition coefficient (Wildman–Crippen LogP) is 3.05. The summed E-state index contributed by atoms with van der Waals surface area (Å²) in [5.41, 5.74) is 2.33. The van der Waals surface area contributed by atoms with E-state index in [0.29, 0.717) is 6.04 Å². The van der Waals surface area contributed by atoms with Gasteiger partial charge < -0.3 is 10.2 Å². The summed E-state index contributed by atoms with van der Waals surface area (Å²) >= 11 is 0. The van der Waals surface area contributed by atoms with E-state index in [4.69, 9.17) is 4.98 Å². The van der Waals surface area contributed by atoms with Crippen LogP contribution in [0.1, 0.15) is 57.2 Å². The molecule has 0 aliphatic heterocycles. The van der Waals surface area contributed by atoms with Crippen molar-refractivity contribution in [2.75, 3.05) is 18.0 Å². The van der Waals surface area contributed by atoms with Crippen molar-refractivity contribution in [3.05, 3.63) is 17.5 Å². The number of unbranched alkanes of at least 4 members (excludes halogenated alkanes) is 1. The summed E-state index contributed by atoms with van der Waals surface area (Å²) in [6, 6.07) is 0.685. The molecule has 0 unspecified atom stereocenters. The van der Waals surface area contributed by atoms with Crippen molar-refractivity contribution < 1.29 is 0 Å². The molecular weight excluding hydrogens is 248 g/mol. The lowest BCUT2D eigenvalue weighted by molar-refractivity contribution is 0.662. The first-order chi connectivity index (χ1) is 9.76. The van der Waals surface area contributed by atoms with Crippen LogP contribution in [-0.2, 0) is 6.54 Å². The van der Waals surface area contributed by atoms with Gasteiger partial charge in [-0.15, -0.1) is 0 Å². The number of aryl methyl sites for hydroxylation is 1. The van der Waals surface area contributed by atoms with Gasteiger partial charge in [0.2, 0.25) is 5.95 Å². The Balaban J connectivity index is 2.02. The second-order valence-corrected chi connectivity index (χ2v) is 5.74. The first kappa shape index (κ1) is 15.2. The number of hydrogen-bond acceptors (Lipinski definition) is 4. The van der Waals surface area contributed by atoms with Crippen molar-refractivity contribution in [2.24, 2.45) is 0 Å². The van der Waals surface area contributed by atoms with Crippen molar-refractivity contribution in [1.82, 2.24) is 15.3 Å². The van der Waals surface area contributed by atoms with E-state index >= 15 is 0 Å². The van der Waals surface area contributed by atoms with Gasteiger partial charge >= 0.3 is 0 Å². The zero-order valence-electron chi connectivity index (χ0n) is 13.2. The number of nitrogens with zero attached hydrogens (tertiary/aromatic N) is 3. The van der Waals surface area contributed by atoms with Crippen LogP contribution in [0.3, 0.4) is 0 Å². The molecule has 2 rings (SSSR count).